The molecule has 0 aliphatic heterocycles. The number of hydrogen-bond acceptors (Lipinski definition) is 5. The van der Waals surface area contributed by atoms with Gasteiger partial charge >= 0.3 is 0 Å². The van der Waals surface area contributed by atoms with Gasteiger partial charge in [-0.05, 0) is 30.7 Å². The normalized spacial score (nSPS) is 11.0. The molecule has 0 unspecified atom stereocenters. The van der Waals surface area contributed by atoms with E-state index in [-0.39, 0.29) is 11.3 Å². The minimum atomic E-state index is -0.473. The number of rotatable bonds is 4. The fourth-order valence-corrected chi connectivity index (χ4v) is 2.29. The molecule has 24 heavy (non-hydrogen) atoms. The van der Waals surface area contributed by atoms with Crippen LogP contribution in [0.15, 0.2) is 58.7 Å². The molecule has 7 heteroatoms. The summed E-state index contributed by atoms with van der Waals surface area (Å²) in [6.45, 7) is 2.18. The van der Waals surface area contributed by atoms with Crippen LogP contribution in [0.3, 0.4) is 0 Å². The number of carbonyl (C=O) groups is 1. The second-order valence-corrected chi connectivity index (χ2v) is 4.99. The third-order valence-electron chi connectivity index (χ3n) is 3.47. The summed E-state index contributed by atoms with van der Waals surface area (Å²) in [5.41, 5.74) is 3.20. The first kappa shape index (κ1) is 15.5. The number of amides is 1. The topological polar surface area (TPSA) is 89.2 Å². The monoisotopic (exact) mass is 321 g/mol. The van der Waals surface area contributed by atoms with E-state index in [1.165, 1.54) is 10.9 Å². The van der Waals surface area contributed by atoms with Crippen LogP contribution in [0.1, 0.15) is 23.0 Å². The molecule has 7 nitrogen and oxygen atoms in total. The van der Waals surface area contributed by atoms with Crippen molar-refractivity contribution in [2.75, 3.05) is 0 Å². The number of hydrazone groups is 1. The maximum Gasteiger partial charge on any atom is 0.292 e. The number of hydrogen-bond donors (Lipinski definition) is 1. The van der Waals surface area contributed by atoms with Crippen molar-refractivity contribution in [1.82, 2.24) is 20.2 Å². The number of nitrogens with one attached hydrogen (secondary N) is 1. The lowest BCUT2D eigenvalue weighted by atomic mass is 10.1. The molecule has 3 aromatic rings. The molecule has 0 bridgehead atoms. The Balaban J connectivity index is 1.94. The van der Waals surface area contributed by atoms with Gasteiger partial charge in [0.2, 0.25) is 0 Å². The van der Waals surface area contributed by atoms with Gasteiger partial charge in [0.15, 0.2) is 5.69 Å². The second-order valence-electron chi connectivity index (χ2n) is 4.99. The van der Waals surface area contributed by atoms with Gasteiger partial charge in [0.05, 0.1) is 11.6 Å². The van der Waals surface area contributed by atoms with E-state index in [2.05, 4.69) is 20.6 Å². The summed E-state index contributed by atoms with van der Waals surface area (Å²) in [4.78, 5) is 28.6. The van der Waals surface area contributed by atoms with Crippen LogP contribution in [-0.4, -0.2) is 26.9 Å². The van der Waals surface area contributed by atoms with E-state index in [1.54, 1.807) is 55.7 Å². The maximum atomic E-state index is 12.4. The summed E-state index contributed by atoms with van der Waals surface area (Å²) >= 11 is 0. The van der Waals surface area contributed by atoms with E-state index in [4.69, 9.17) is 0 Å². The van der Waals surface area contributed by atoms with Crippen LogP contribution in [0.25, 0.3) is 10.8 Å². The van der Waals surface area contributed by atoms with Gasteiger partial charge in [-0.3, -0.25) is 14.6 Å². The van der Waals surface area contributed by atoms with Crippen molar-refractivity contribution in [3.8, 4) is 0 Å². The van der Waals surface area contributed by atoms with Gasteiger partial charge in [-0.2, -0.15) is 10.2 Å². The van der Waals surface area contributed by atoms with E-state index in [1.807, 2.05) is 0 Å². The van der Waals surface area contributed by atoms with Crippen LogP contribution < -0.4 is 11.0 Å². The Hall–Kier alpha value is -3.35. The van der Waals surface area contributed by atoms with Crippen LogP contribution in [0, 0.1) is 0 Å². The fraction of sp³-hybridized carbons (Fsp3) is 0.118. The zero-order valence-electron chi connectivity index (χ0n) is 13.0. The molecule has 3 rings (SSSR count). The van der Waals surface area contributed by atoms with Gasteiger partial charge in [0.25, 0.3) is 11.5 Å². The van der Waals surface area contributed by atoms with Crippen LogP contribution in [-0.2, 0) is 6.54 Å². The summed E-state index contributed by atoms with van der Waals surface area (Å²) in [6.07, 6.45) is 4.78. The smallest absolute Gasteiger partial charge is 0.267 e. The SMILES string of the molecule is CCn1nc(C(=O)N/N=C\c2ccncc2)c2ccccc2c1=O. The first-order valence-electron chi connectivity index (χ1n) is 7.44. The number of carbonyl (C=O) groups excluding carboxylic acids is 1. The third-order valence-corrected chi connectivity index (χ3v) is 3.47. The predicted molar refractivity (Wildman–Crippen MR) is 91.0 cm³/mol. The highest BCUT2D eigenvalue weighted by Gasteiger charge is 2.15. The number of aromatic nitrogens is 3. The molecule has 0 aliphatic rings. The highest BCUT2D eigenvalue weighted by molar-refractivity contribution is 6.04. The van der Waals surface area contributed by atoms with Gasteiger partial charge in [0.1, 0.15) is 0 Å². The summed E-state index contributed by atoms with van der Waals surface area (Å²) < 4.78 is 1.27. The Labute approximate surface area is 137 Å². The van der Waals surface area contributed by atoms with Crippen molar-refractivity contribution in [1.29, 1.82) is 0 Å². The van der Waals surface area contributed by atoms with E-state index in [9.17, 15) is 9.59 Å². The number of aryl methyl sites for hydroxylation is 1. The molecule has 2 heterocycles. The minimum absolute atomic E-state index is 0.166. The average Bonchev–Trinajstić information content (AvgIpc) is 2.63. The standard InChI is InChI=1S/C17H15N5O2/c1-2-22-17(24)14-6-4-3-5-13(14)15(21-22)16(23)20-19-11-12-7-9-18-10-8-12/h3-11H,2H2,1H3,(H,20,23)/b19-11-. The molecule has 1 N–H and O–H groups in total. The predicted octanol–water partition coefficient (Wildman–Crippen LogP) is 1.58. The van der Waals surface area contributed by atoms with Crippen molar-refractivity contribution < 1.29 is 4.79 Å². The van der Waals surface area contributed by atoms with Gasteiger partial charge in [-0.1, -0.05) is 18.2 Å². The third kappa shape index (κ3) is 3.05. The van der Waals surface area contributed by atoms with Crippen LogP contribution in [0.2, 0.25) is 0 Å². The van der Waals surface area contributed by atoms with Gasteiger partial charge in [-0.15, -0.1) is 0 Å². The average molecular weight is 321 g/mol. The van der Waals surface area contributed by atoms with Crippen molar-refractivity contribution in [2.24, 2.45) is 5.10 Å². The molecule has 0 radical (unpaired) electrons. The summed E-state index contributed by atoms with van der Waals surface area (Å²) in [5.74, 6) is -0.473. The van der Waals surface area contributed by atoms with Crippen molar-refractivity contribution in [2.45, 2.75) is 13.5 Å². The molecular formula is C17H15N5O2. The Morgan fingerprint density at radius 3 is 2.62 bits per heavy atom. The lowest BCUT2D eigenvalue weighted by Crippen LogP contribution is -2.28. The highest BCUT2D eigenvalue weighted by Crippen LogP contribution is 2.13. The molecular weight excluding hydrogens is 306 g/mol. The Morgan fingerprint density at radius 2 is 1.92 bits per heavy atom. The molecule has 1 aromatic carbocycles. The Morgan fingerprint density at radius 1 is 1.21 bits per heavy atom. The maximum absolute atomic E-state index is 12.4. The molecule has 120 valence electrons. The second kappa shape index (κ2) is 6.82. The van der Waals surface area contributed by atoms with Crippen LogP contribution in [0.5, 0.6) is 0 Å². The number of fused-ring (bicyclic) bond motifs is 1. The van der Waals surface area contributed by atoms with E-state index in [0.717, 1.165) is 5.56 Å². The molecule has 0 saturated heterocycles. The van der Waals surface area contributed by atoms with Crippen molar-refractivity contribution in [3.05, 3.63) is 70.4 Å². The fourth-order valence-electron chi connectivity index (χ4n) is 2.29. The minimum Gasteiger partial charge on any atom is -0.267 e. The molecule has 0 fully saturated rings. The lowest BCUT2D eigenvalue weighted by Gasteiger charge is -2.08. The molecule has 0 spiro atoms. The number of pyridine rings is 1. The first-order valence-corrected chi connectivity index (χ1v) is 7.44. The van der Waals surface area contributed by atoms with Crippen molar-refractivity contribution in [3.63, 3.8) is 0 Å². The molecule has 0 aliphatic carbocycles. The summed E-state index contributed by atoms with van der Waals surface area (Å²) in [7, 11) is 0. The lowest BCUT2D eigenvalue weighted by molar-refractivity contribution is 0.0949. The van der Waals surface area contributed by atoms with E-state index in [0.29, 0.717) is 17.3 Å². The zero-order valence-corrected chi connectivity index (χ0v) is 13.0. The zero-order chi connectivity index (χ0) is 16.9. The molecule has 0 saturated carbocycles. The Bertz CT molecular complexity index is 964. The first-order chi connectivity index (χ1) is 11.7. The summed E-state index contributed by atoms with van der Waals surface area (Å²) in [6, 6.07) is 10.4. The highest BCUT2D eigenvalue weighted by atomic mass is 16.2. The molecule has 2 aromatic heterocycles. The largest absolute Gasteiger partial charge is 0.292 e. The van der Waals surface area contributed by atoms with Crippen molar-refractivity contribution >= 4 is 22.9 Å². The number of nitrogens with zero attached hydrogens (tertiary/aromatic N) is 4. The van der Waals surface area contributed by atoms with Gasteiger partial charge in [0, 0.05) is 24.3 Å². The van der Waals surface area contributed by atoms with Gasteiger partial charge in [-0.25, -0.2) is 10.1 Å². The van der Waals surface area contributed by atoms with Crippen LogP contribution in [0.4, 0.5) is 0 Å². The Kier molecular flexibility index (Phi) is 4.42. The van der Waals surface area contributed by atoms with Crippen LogP contribution >= 0.6 is 0 Å². The summed E-state index contributed by atoms with van der Waals surface area (Å²) in [5, 5.41) is 9.04. The van der Waals surface area contributed by atoms with E-state index < -0.39 is 5.91 Å². The van der Waals surface area contributed by atoms with Gasteiger partial charge < -0.3 is 0 Å². The quantitative estimate of drug-likeness (QED) is 0.583. The molecule has 0 atom stereocenters. The number of benzene rings is 1. The van der Waals surface area contributed by atoms with E-state index >= 15 is 0 Å². The molecule has 1 amide bonds.